The molecular formula is C12H8ClF3O2S. The van der Waals surface area contributed by atoms with Gasteiger partial charge in [-0.2, -0.15) is 13.2 Å². The molecule has 0 heterocycles. The minimum atomic E-state index is -4.97. The van der Waals surface area contributed by atoms with Crippen molar-refractivity contribution in [3.8, 4) is 0 Å². The molecule has 0 N–H and O–H groups in total. The van der Waals surface area contributed by atoms with Crippen LogP contribution in [0, 0.1) is 0 Å². The number of hydrogen-bond acceptors (Lipinski definition) is 2. The summed E-state index contributed by atoms with van der Waals surface area (Å²) in [6.07, 6.45) is -4.97. The van der Waals surface area contributed by atoms with Gasteiger partial charge in [0.25, 0.3) is 0 Å². The maximum absolute atomic E-state index is 13.0. The van der Waals surface area contributed by atoms with Crippen molar-refractivity contribution in [2.45, 2.75) is 11.4 Å². The maximum Gasteiger partial charge on any atom is 0.410 e. The molecule has 0 bridgehead atoms. The third-order valence-electron chi connectivity index (χ3n) is 2.68. The van der Waals surface area contributed by atoms with Gasteiger partial charge in [-0.3, -0.25) is 0 Å². The Balaban J connectivity index is 2.78. The van der Waals surface area contributed by atoms with E-state index >= 15 is 0 Å². The van der Waals surface area contributed by atoms with Crippen molar-refractivity contribution in [3.63, 3.8) is 0 Å². The van der Waals surface area contributed by atoms with E-state index in [4.69, 9.17) is 10.7 Å². The van der Waals surface area contributed by atoms with Gasteiger partial charge in [0.2, 0.25) is 9.05 Å². The molecule has 1 atom stereocenters. The van der Waals surface area contributed by atoms with Crippen LogP contribution in [-0.2, 0) is 9.05 Å². The fourth-order valence-electron chi connectivity index (χ4n) is 1.97. The molecule has 2 aromatic carbocycles. The molecule has 0 aromatic heterocycles. The Morgan fingerprint density at radius 2 is 1.58 bits per heavy atom. The van der Waals surface area contributed by atoms with Gasteiger partial charge in [0.1, 0.15) is 0 Å². The Hall–Kier alpha value is -1.27. The van der Waals surface area contributed by atoms with Crippen LogP contribution in [0.1, 0.15) is 10.8 Å². The summed E-state index contributed by atoms with van der Waals surface area (Å²) >= 11 is 0. The molecule has 0 fully saturated rings. The van der Waals surface area contributed by atoms with Gasteiger partial charge in [0.15, 0.2) is 5.25 Å². The zero-order valence-corrected chi connectivity index (χ0v) is 10.9. The Bertz CT molecular complexity index is 705. The molecule has 2 rings (SSSR count). The first-order valence-corrected chi connectivity index (χ1v) is 7.56. The van der Waals surface area contributed by atoms with Gasteiger partial charge >= 0.3 is 6.18 Å². The normalized spacial score (nSPS) is 14.5. The average molecular weight is 309 g/mol. The second-order valence-electron chi connectivity index (χ2n) is 3.97. The predicted molar refractivity (Wildman–Crippen MR) is 67.5 cm³/mol. The number of alkyl halides is 3. The van der Waals surface area contributed by atoms with Crippen LogP contribution in [0.25, 0.3) is 10.8 Å². The topological polar surface area (TPSA) is 34.1 Å². The fraction of sp³-hybridized carbons (Fsp3) is 0.167. The standard InChI is InChI=1S/C12H8ClF3O2S/c13-19(17,18)11(12(14,15)16)10-7-3-5-8-4-1-2-6-9(8)10/h1-7,11H. The minimum absolute atomic E-state index is 0.219. The zero-order valence-electron chi connectivity index (χ0n) is 9.36. The molecule has 0 spiro atoms. The van der Waals surface area contributed by atoms with Gasteiger partial charge in [-0.25, -0.2) is 8.42 Å². The number of fused-ring (bicyclic) bond motifs is 1. The lowest BCUT2D eigenvalue weighted by molar-refractivity contribution is -0.130. The van der Waals surface area contributed by atoms with Crippen LogP contribution in [-0.4, -0.2) is 14.6 Å². The summed E-state index contributed by atoms with van der Waals surface area (Å²) in [5.41, 5.74) is -0.361. The molecule has 0 saturated heterocycles. The van der Waals surface area contributed by atoms with E-state index in [-0.39, 0.29) is 10.9 Å². The summed E-state index contributed by atoms with van der Waals surface area (Å²) in [5, 5.41) is -1.99. The molecule has 0 aliphatic carbocycles. The molecule has 0 amide bonds. The van der Waals surface area contributed by atoms with Crippen molar-refractivity contribution >= 4 is 30.5 Å². The molecule has 1 unspecified atom stereocenters. The van der Waals surface area contributed by atoms with Gasteiger partial charge in [-0.15, -0.1) is 0 Å². The number of rotatable bonds is 2. The number of halogens is 4. The van der Waals surface area contributed by atoms with Crippen molar-refractivity contribution in [1.82, 2.24) is 0 Å². The zero-order chi connectivity index (χ0) is 14.3. The van der Waals surface area contributed by atoms with Crippen LogP contribution >= 0.6 is 10.7 Å². The fourth-order valence-corrected chi connectivity index (χ4v) is 3.39. The van der Waals surface area contributed by atoms with E-state index < -0.39 is 20.5 Å². The maximum atomic E-state index is 13.0. The largest absolute Gasteiger partial charge is 0.410 e. The quantitative estimate of drug-likeness (QED) is 0.786. The molecule has 102 valence electrons. The van der Waals surface area contributed by atoms with E-state index in [1.165, 1.54) is 12.1 Å². The van der Waals surface area contributed by atoms with Gasteiger partial charge in [0.05, 0.1) is 0 Å². The first-order valence-electron chi connectivity index (χ1n) is 5.19. The summed E-state index contributed by atoms with van der Waals surface area (Å²) in [7, 11) is 0.151. The van der Waals surface area contributed by atoms with E-state index in [1.54, 1.807) is 24.3 Å². The van der Waals surface area contributed by atoms with Crippen molar-refractivity contribution in [1.29, 1.82) is 0 Å². The predicted octanol–water partition coefficient (Wildman–Crippen LogP) is 4.01. The highest BCUT2D eigenvalue weighted by molar-refractivity contribution is 8.14. The van der Waals surface area contributed by atoms with Crippen molar-refractivity contribution in [2.24, 2.45) is 0 Å². The monoisotopic (exact) mass is 308 g/mol. The van der Waals surface area contributed by atoms with E-state index in [0.717, 1.165) is 6.07 Å². The molecule has 2 aromatic rings. The van der Waals surface area contributed by atoms with Crippen LogP contribution in [0.4, 0.5) is 13.2 Å². The second-order valence-corrected chi connectivity index (χ2v) is 6.68. The molecule has 0 radical (unpaired) electrons. The highest BCUT2D eigenvalue weighted by Gasteiger charge is 2.49. The molecule has 2 nitrogen and oxygen atoms in total. The highest BCUT2D eigenvalue weighted by Crippen LogP contribution is 2.43. The smallest absolute Gasteiger partial charge is 0.211 e. The highest BCUT2D eigenvalue weighted by atomic mass is 35.7. The summed E-state index contributed by atoms with van der Waals surface area (Å²) in [6.45, 7) is 0. The Morgan fingerprint density at radius 1 is 1.00 bits per heavy atom. The van der Waals surface area contributed by atoms with E-state index in [9.17, 15) is 21.6 Å². The van der Waals surface area contributed by atoms with Crippen LogP contribution < -0.4 is 0 Å². The van der Waals surface area contributed by atoms with E-state index in [0.29, 0.717) is 5.39 Å². The Kier molecular flexibility index (Phi) is 3.49. The lowest BCUT2D eigenvalue weighted by atomic mass is 10.0. The van der Waals surface area contributed by atoms with Gasteiger partial charge in [-0.05, 0) is 16.3 Å². The SMILES string of the molecule is O=S(=O)(Cl)C(c1cccc2ccccc12)C(F)(F)F. The average Bonchev–Trinajstić information content (AvgIpc) is 2.25. The van der Waals surface area contributed by atoms with Crippen LogP contribution in [0.3, 0.4) is 0 Å². The van der Waals surface area contributed by atoms with Gasteiger partial charge in [0, 0.05) is 10.7 Å². The summed E-state index contributed by atoms with van der Waals surface area (Å²) in [6, 6.07) is 10.3. The van der Waals surface area contributed by atoms with Crippen LogP contribution in [0.5, 0.6) is 0 Å². The van der Waals surface area contributed by atoms with E-state index in [2.05, 4.69) is 0 Å². The Labute approximate surface area is 112 Å². The van der Waals surface area contributed by atoms with Gasteiger partial charge in [-0.1, -0.05) is 42.5 Å². The number of benzene rings is 2. The summed E-state index contributed by atoms with van der Waals surface area (Å²) in [5.74, 6) is 0. The van der Waals surface area contributed by atoms with Crippen LogP contribution in [0.2, 0.25) is 0 Å². The second kappa shape index (κ2) is 4.68. The van der Waals surface area contributed by atoms with Gasteiger partial charge < -0.3 is 0 Å². The third kappa shape index (κ3) is 2.84. The minimum Gasteiger partial charge on any atom is -0.211 e. The number of hydrogen-bond donors (Lipinski definition) is 0. The Morgan fingerprint density at radius 3 is 2.16 bits per heavy atom. The van der Waals surface area contributed by atoms with Crippen molar-refractivity contribution in [2.75, 3.05) is 0 Å². The van der Waals surface area contributed by atoms with Crippen LogP contribution in [0.15, 0.2) is 42.5 Å². The molecule has 0 saturated carbocycles. The molecule has 19 heavy (non-hydrogen) atoms. The lowest BCUT2D eigenvalue weighted by Gasteiger charge is -2.19. The first-order chi connectivity index (χ1) is 8.71. The summed E-state index contributed by atoms with van der Waals surface area (Å²) < 4.78 is 61.4. The summed E-state index contributed by atoms with van der Waals surface area (Å²) in [4.78, 5) is 0. The third-order valence-corrected chi connectivity index (χ3v) is 4.30. The molecule has 0 aliphatic rings. The van der Waals surface area contributed by atoms with Crippen molar-refractivity contribution < 1.29 is 21.6 Å². The van der Waals surface area contributed by atoms with Crippen molar-refractivity contribution in [3.05, 3.63) is 48.0 Å². The lowest BCUT2D eigenvalue weighted by Crippen LogP contribution is -2.26. The van der Waals surface area contributed by atoms with E-state index in [1.807, 2.05) is 0 Å². The molecular weight excluding hydrogens is 301 g/mol. The first kappa shape index (κ1) is 14.1. The molecule has 7 heteroatoms. The molecule has 0 aliphatic heterocycles.